The van der Waals surface area contributed by atoms with Gasteiger partial charge in [0.1, 0.15) is 5.70 Å². The minimum absolute atomic E-state index is 0.240. The van der Waals surface area contributed by atoms with E-state index in [9.17, 15) is 9.59 Å². The fourth-order valence-electron chi connectivity index (χ4n) is 3.25. The van der Waals surface area contributed by atoms with Crippen LogP contribution < -0.4 is 4.90 Å². The molecule has 0 fully saturated rings. The van der Waals surface area contributed by atoms with Crippen molar-refractivity contribution in [1.82, 2.24) is 4.90 Å². The number of carbonyl (C=O) groups excluding carboxylic acids is 2. The highest BCUT2D eigenvalue weighted by Crippen LogP contribution is 2.34. The summed E-state index contributed by atoms with van der Waals surface area (Å²) in [5.74, 6) is -0.483. The molecular formula is C22H23ClN2O2. The van der Waals surface area contributed by atoms with Crippen LogP contribution in [0.3, 0.4) is 0 Å². The zero-order valence-corrected chi connectivity index (χ0v) is 16.4. The largest absolute Gasteiger partial charge is 0.339 e. The number of imide groups is 1. The van der Waals surface area contributed by atoms with Crippen molar-refractivity contribution in [3.8, 4) is 0 Å². The predicted molar refractivity (Wildman–Crippen MR) is 109 cm³/mol. The third kappa shape index (κ3) is 3.91. The Balaban J connectivity index is 2.04. The van der Waals surface area contributed by atoms with Gasteiger partial charge in [0.25, 0.3) is 11.8 Å². The first-order valence-electron chi connectivity index (χ1n) is 9.19. The molecule has 1 aliphatic heterocycles. The molecule has 2 aromatic carbocycles. The number of amides is 2. The van der Waals surface area contributed by atoms with E-state index in [4.69, 9.17) is 11.6 Å². The fourth-order valence-corrected chi connectivity index (χ4v) is 3.38. The maximum Gasteiger partial charge on any atom is 0.278 e. The number of likely N-dealkylation sites (N-methyl/N-ethyl adjacent to an activating group) is 1. The maximum absolute atomic E-state index is 13.2. The van der Waals surface area contributed by atoms with Crippen molar-refractivity contribution in [2.75, 3.05) is 18.5 Å². The van der Waals surface area contributed by atoms with E-state index in [0.29, 0.717) is 28.4 Å². The molecule has 5 heteroatoms. The smallest absolute Gasteiger partial charge is 0.278 e. The standard InChI is InChI=1S/C22H23ClN2O2/c1-3-4-8-15-25-21(26)19(16-11-13-17(23)14-12-16)20(22(25)27)24(2)18-9-6-5-7-10-18/h5-7,9-14H,3-4,8,15H2,1-2H3. The van der Waals surface area contributed by atoms with Crippen molar-refractivity contribution >= 4 is 34.7 Å². The highest BCUT2D eigenvalue weighted by molar-refractivity contribution is 6.37. The summed E-state index contributed by atoms with van der Waals surface area (Å²) in [4.78, 5) is 29.4. The number of carbonyl (C=O) groups is 2. The SMILES string of the molecule is CCCCCN1C(=O)C(c2ccc(Cl)cc2)=C(N(C)c2ccccc2)C1=O. The highest BCUT2D eigenvalue weighted by atomic mass is 35.5. The molecular weight excluding hydrogens is 360 g/mol. The molecule has 27 heavy (non-hydrogen) atoms. The summed E-state index contributed by atoms with van der Waals surface area (Å²) >= 11 is 6.00. The summed E-state index contributed by atoms with van der Waals surface area (Å²) in [6, 6.07) is 16.6. The van der Waals surface area contributed by atoms with Crippen molar-refractivity contribution in [3.05, 3.63) is 70.9 Å². The molecule has 0 unspecified atom stereocenters. The quantitative estimate of drug-likeness (QED) is 0.512. The Morgan fingerprint density at radius 1 is 0.926 bits per heavy atom. The highest BCUT2D eigenvalue weighted by Gasteiger charge is 2.40. The second-order valence-electron chi connectivity index (χ2n) is 6.59. The minimum Gasteiger partial charge on any atom is -0.339 e. The van der Waals surface area contributed by atoms with Crippen LogP contribution in [0.5, 0.6) is 0 Å². The van der Waals surface area contributed by atoms with Crippen molar-refractivity contribution in [3.63, 3.8) is 0 Å². The Hall–Kier alpha value is -2.59. The summed E-state index contributed by atoms with van der Waals surface area (Å²) in [7, 11) is 1.82. The summed E-state index contributed by atoms with van der Waals surface area (Å²) in [6.45, 7) is 2.54. The van der Waals surface area contributed by atoms with Gasteiger partial charge in [-0.05, 0) is 36.2 Å². The van der Waals surface area contributed by atoms with Gasteiger partial charge in [0.05, 0.1) is 5.57 Å². The lowest BCUT2D eigenvalue weighted by molar-refractivity contribution is -0.136. The Bertz CT molecular complexity index is 860. The van der Waals surface area contributed by atoms with Crippen molar-refractivity contribution < 1.29 is 9.59 Å². The van der Waals surface area contributed by atoms with Crippen LogP contribution in [0.2, 0.25) is 5.02 Å². The van der Waals surface area contributed by atoms with Gasteiger partial charge in [0.15, 0.2) is 0 Å². The molecule has 0 saturated heterocycles. The van der Waals surface area contributed by atoms with Gasteiger partial charge in [-0.2, -0.15) is 0 Å². The number of unbranched alkanes of at least 4 members (excludes halogenated alkanes) is 2. The first kappa shape index (κ1) is 19.2. The average Bonchev–Trinajstić information content (AvgIpc) is 2.93. The molecule has 4 nitrogen and oxygen atoms in total. The second-order valence-corrected chi connectivity index (χ2v) is 7.03. The van der Waals surface area contributed by atoms with Crippen molar-refractivity contribution in [2.24, 2.45) is 0 Å². The Morgan fingerprint density at radius 3 is 2.22 bits per heavy atom. The molecule has 0 spiro atoms. The van der Waals surface area contributed by atoms with E-state index in [-0.39, 0.29) is 11.8 Å². The number of nitrogens with zero attached hydrogens (tertiary/aromatic N) is 2. The number of para-hydroxylation sites is 1. The monoisotopic (exact) mass is 382 g/mol. The van der Waals surface area contributed by atoms with Gasteiger partial charge < -0.3 is 4.90 Å². The molecule has 0 saturated carbocycles. The molecule has 0 N–H and O–H groups in total. The topological polar surface area (TPSA) is 40.6 Å². The molecule has 0 bridgehead atoms. The summed E-state index contributed by atoms with van der Waals surface area (Å²) in [5, 5.41) is 0.592. The number of halogens is 1. The van der Waals surface area contributed by atoms with Crippen LogP contribution >= 0.6 is 11.6 Å². The van der Waals surface area contributed by atoms with Crippen LogP contribution in [0.15, 0.2) is 60.3 Å². The van der Waals surface area contributed by atoms with E-state index >= 15 is 0 Å². The third-order valence-corrected chi connectivity index (χ3v) is 4.99. The zero-order chi connectivity index (χ0) is 19.4. The van der Waals surface area contributed by atoms with Gasteiger partial charge in [-0.1, -0.05) is 61.7 Å². The van der Waals surface area contributed by atoms with Crippen LogP contribution in [-0.4, -0.2) is 30.3 Å². The second kappa shape index (κ2) is 8.40. The summed E-state index contributed by atoms with van der Waals surface area (Å²) in [5.41, 5.74) is 2.40. The number of benzene rings is 2. The lowest BCUT2D eigenvalue weighted by Crippen LogP contribution is -2.35. The summed E-state index contributed by atoms with van der Waals surface area (Å²) < 4.78 is 0. The molecule has 0 aromatic heterocycles. The molecule has 1 aliphatic rings. The van der Waals surface area contributed by atoms with E-state index in [1.165, 1.54) is 4.90 Å². The Labute approximate surface area is 165 Å². The van der Waals surface area contributed by atoms with E-state index in [1.54, 1.807) is 29.2 Å². The van der Waals surface area contributed by atoms with Crippen molar-refractivity contribution in [2.45, 2.75) is 26.2 Å². The van der Waals surface area contributed by atoms with Gasteiger partial charge in [0, 0.05) is 24.3 Å². The summed E-state index contributed by atoms with van der Waals surface area (Å²) in [6.07, 6.45) is 2.83. The molecule has 0 radical (unpaired) electrons. The lowest BCUT2D eigenvalue weighted by Gasteiger charge is -2.21. The van der Waals surface area contributed by atoms with E-state index in [1.807, 2.05) is 37.4 Å². The molecule has 3 rings (SSSR count). The number of anilines is 1. The minimum atomic E-state index is -0.243. The van der Waals surface area contributed by atoms with Gasteiger partial charge >= 0.3 is 0 Å². The van der Waals surface area contributed by atoms with Crippen LogP contribution in [-0.2, 0) is 9.59 Å². The zero-order valence-electron chi connectivity index (χ0n) is 15.6. The Kier molecular flexibility index (Phi) is 5.97. The fraction of sp³-hybridized carbons (Fsp3) is 0.273. The molecule has 1 heterocycles. The van der Waals surface area contributed by atoms with Crippen LogP contribution in [0.25, 0.3) is 5.57 Å². The van der Waals surface area contributed by atoms with Gasteiger partial charge in [-0.15, -0.1) is 0 Å². The Morgan fingerprint density at radius 2 is 1.59 bits per heavy atom. The van der Waals surface area contributed by atoms with Crippen LogP contribution in [0, 0.1) is 0 Å². The van der Waals surface area contributed by atoms with E-state index in [2.05, 4.69) is 6.92 Å². The lowest BCUT2D eigenvalue weighted by atomic mass is 10.0. The van der Waals surface area contributed by atoms with Gasteiger partial charge in [0.2, 0.25) is 0 Å². The first-order valence-corrected chi connectivity index (χ1v) is 9.57. The predicted octanol–water partition coefficient (Wildman–Crippen LogP) is 4.75. The molecule has 0 aliphatic carbocycles. The van der Waals surface area contributed by atoms with Gasteiger partial charge in [-0.25, -0.2) is 0 Å². The number of hydrogen-bond acceptors (Lipinski definition) is 3. The van der Waals surface area contributed by atoms with Crippen molar-refractivity contribution in [1.29, 1.82) is 0 Å². The molecule has 2 aromatic rings. The number of rotatable bonds is 7. The third-order valence-electron chi connectivity index (χ3n) is 4.74. The van der Waals surface area contributed by atoms with Crippen LogP contribution in [0.4, 0.5) is 5.69 Å². The number of hydrogen-bond donors (Lipinski definition) is 0. The molecule has 140 valence electrons. The normalized spacial score (nSPS) is 14.3. The van der Waals surface area contributed by atoms with E-state index in [0.717, 1.165) is 24.9 Å². The van der Waals surface area contributed by atoms with E-state index < -0.39 is 0 Å². The van der Waals surface area contributed by atoms with Crippen LogP contribution in [0.1, 0.15) is 31.7 Å². The maximum atomic E-state index is 13.2. The van der Waals surface area contributed by atoms with Gasteiger partial charge in [-0.3, -0.25) is 14.5 Å². The first-order chi connectivity index (χ1) is 13.0. The molecule has 2 amide bonds. The average molecular weight is 383 g/mol. The molecule has 0 atom stereocenters.